The number of nitriles is 1. The second-order valence-electron chi connectivity index (χ2n) is 3.39. The Labute approximate surface area is 101 Å². The minimum absolute atomic E-state index is 0.115. The second kappa shape index (κ2) is 4.67. The van der Waals surface area contributed by atoms with E-state index in [2.05, 4.69) is 4.98 Å². The smallest absolute Gasteiger partial charge is 0.167 e. The molecule has 90 valence electrons. The Morgan fingerprint density at radius 1 is 1.22 bits per heavy atom. The third kappa shape index (κ3) is 2.35. The van der Waals surface area contributed by atoms with E-state index in [1.54, 1.807) is 0 Å². The molecule has 0 fully saturated rings. The number of nitrogens with two attached hydrogens (primary N) is 1. The van der Waals surface area contributed by atoms with Gasteiger partial charge in [-0.25, -0.2) is 13.8 Å². The molecule has 2 rings (SSSR count). The molecule has 1 heterocycles. The zero-order valence-electron chi connectivity index (χ0n) is 9.02. The zero-order valence-corrected chi connectivity index (χ0v) is 9.02. The van der Waals surface area contributed by atoms with Crippen LogP contribution in [-0.4, -0.2) is 4.98 Å². The number of rotatable bonds is 2. The molecule has 0 radical (unpaired) electrons. The number of pyridine rings is 1. The molecular formula is C12H7F2N3O. The number of nitrogen functional groups attached to an aromatic ring is 1. The van der Waals surface area contributed by atoms with Gasteiger partial charge >= 0.3 is 0 Å². The summed E-state index contributed by atoms with van der Waals surface area (Å²) in [7, 11) is 0. The molecule has 0 aliphatic heterocycles. The topological polar surface area (TPSA) is 71.9 Å². The van der Waals surface area contributed by atoms with E-state index in [1.807, 2.05) is 6.07 Å². The minimum atomic E-state index is -0.788. The molecule has 0 saturated heterocycles. The van der Waals surface area contributed by atoms with E-state index in [1.165, 1.54) is 18.3 Å². The summed E-state index contributed by atoms with van der Waals surface area (Å²) in [6.07, 6.45) is 1.33. The molecule has 0 unspecified atom stereocenters. The number of benzene rings is 1. The largest absolute Gasteiger partial charge is 0.454 e. The van der Waals surface area contributed by atoms with E-state index in [9.17, 15) is 8.78 Å². The van der Waals surface area contributed by atoms with Crippen molar-refractivity contribution < 1.29 is 13.5 Å². The molecule has 0 aliphatic rings. The first-order valence-electron chi connectivity index (χ1n) is 4.88. The molecule has 0 bridgehead atoms. The molecule has 6 heteroatoms. The van der Waals surface area contributed by atoms with Crippen molar-refractivity contribution in [3.8, 4) is 17.6 Å². The molecule has 0 amide bonds. The number of hydrogen-bond donors (Lipinski definition) is 1. The summed E-state index contributed by atoms with van der Waals surface area (Å²) in [6.45, 7) is 0. The van der Waals surface area contributed by atoms with Gasteiger partial charge in [0.05, 0.1) is 5.69 Å². The van der Waals surface area contributed by atoms with Gasteiger partial charge in [-0.2, -0.15) is 5.26 Å². The van der Waals surface area contributed by atoms with Crippen molar-refractivity contribution in [3.63, 3.8) is 0 Å². The Bertz CT molecular complexity index is 638. The lowest BCUT2D eigenvalue weighted by Gasteiger charge is -2.07. The van der Waals surface area contributed by atoms with Gasteiger partial charge in [-0.15, -0.1) is 0 Å². The Kier molecular flexibility index (Phi) is 3.06. The van der Waals surface area contributed by atoms with Crippen LogP contribution in [0.25, 0.3) is 0 Å². The first-order valence-corrected chi connectivity index (χ1v) is 4.88. The van der Waals surface area contributed by atoms with Crippen LogP contribution in [0.2, 0.25) is 0 Å². The second-order valence-corrected chi connectivity index (χ2v) is 3.39. The average Bonchev–Trinajstić information content (AvgIpc) is 2.36. The Morgan fingerprint density at radius 3 is 2.72 bits per heavy atom. The lowest BCUT2D eigenvalue weighted by atomic mass is 10.3. The number of nitrogens with zero attached hydrogens (tertiary/aromatic N) is 2. The van der Waals surface area contributed by atoms with Crippen LogP contribution < -0.4 is 10.5 Å². The molecule has 2 aromatic rings. The summed E-state index contributed by atoms with van der Waals surface area (Å²) in [5, 5.41) is 8.64. The van der Waals surface area contributed by atoms with Crippen molar-refractivity contribution >= 4 is 5.69 Å². The molecule has 4 nitrogen and oxygen atoms in total. The van der Waals surface area contributed by atoms with E-state index in [0.717, 1.165) is 12.1 Å². The maximum absolute atomic E-state index is 13.4. The summed E-state index contributed by atoms with van der Waals surface area (Å²) in [4.78, 5) is 3.72. The van der Waals surface area contributed by atoms with Gasteiger partial charge < -0.3 is 10.5 Å². The van der Waals surface area contributed by atoms with E-state index >= 15 is 0 Å². The Morgan fingerprint density at radius 2 is 2.00 bits per heavy atom. The molecule has 1 aromatic carbocycles. The molecule has 18 heavy (non-hydrogen) atoms. The molecule has 0 aliphatic carbocycles. The molecule has 2 N–H and O–H groups in total. The fourth-order valence-electron chi connectivity index (χ4n) is 1.28. The van der Waals surface area contributed by atoms with Crippen molar-refractivity contribution in [2.75, 3.05) is 5.73 Å². The number of ether oxygens (including phenoxy) is 1. The Balaban J connectivity index is 2.34. The van der Waals surface area contributed by atoms with Crippen LogP contribution in [0.3, 0.4) is 0 Å². The van der Waals surface area contributed by atoms with Crippen LogP contribution in [0.1, 0.15) is 5.69 Å². The lowest BCUT2D eigenvalue weighted by Crippen LogP contribution is -1.96. The van der Waals surface area contributed by atoms with Crippen molar-refractivity contribution in [2.24, 2.45) is 0 Å². The highest BCUT2D eigenvalue weighted by molar-refractivity contribution is 5.46. The van der Waals surface area contributed by atoms with Gasteiger partial charge in [0.15, 0.2) is 11.6 Å². The molecular weight excluding hydrogens is 240 g/mol. The molecule has 1 aromatic heterocycles. The average molecular weight is 247 g/mol. The van der Waals surface area contributed by atoms with Gasteiger partial charge in [-0.3, -0.25) is 0 Å². The van der Waals surface area contributed by atoms with E-state index in [0.29, 0.717) is 0 Å². The fourth-order valence-corrected chi connectivity index (χ4v) is 1.28. The highest BCUT2D eigenvalue weighted by Crippen LogP contribution is 2.27. The van der Waals surface area contributed by atoms with Gasteiger partial charge in [-0.1, -0.05) is 0 Å². The van der Waals surface area contributed by atoms with Gasteiger partial charge in [0.25, 0.3) is 0 Å². The standard InChI is InChI=1S/C12H7F2N3O/c13-9-5-12(10(14)4-11(9)16)18-8-1-2-17-7(3-8)6-15/h1-5H,16H2. The molecule has 0 atom stereocenters. The summed E-state index contributed by atoms with van der Waals surface area (Å²) in [5.41, 5.74) is 5.02. The summed E-state index contributed by atoms with van der Waals surface area (Å²) in [5.74, 6) is -1.69. The number of hydrogen-bond acceptors (Lipinski definition) is 4. The molecule has 0 saturated carbocycles. The van der Waals surface area contributed by atoms with E-state index in [4.69, 9.17) is 15.7 Å². The van der Waals surface area contributed by atoms with Gasteiger partial charge in [0.1, 0.15) is 23.3 Å². The van der Waals surface area contributed by atoms with Crippen LogP contribution in [0.15, 0.2) is 30.5 Å². The van der Waals surface area contributed by atoms with Gasteiger partial charge in [0.2, 0.25) is 0 Å². The van der Waals surface area contributed by atoms with Crippen LogP contribution in [-0.2, 0) is 0 Å². The van der Waals surface area contributed by atoms with Crippen LogP contribution in [0.5, 0.6) is 11.5 Å². The highest BCUT2D eigenvalue weighted by Gasteiger charge is 2.10. The third-order valence-electron chi connectivity index (χ3n) is 2.12. The summed E-state index contributed by atoms with van der Waals surface area (Å²) < 4.78 is 31.7. The predicted molar refractivity (Wildman–Crippen MR) is 59.8 cm³/mol. The summed E-state index contributed by atoms with van der Waals surface area (Å²) >= 11 is 0. The van der Waals surface area contributed by atoms with E-state index < -0.39 is 11.6 Å². The monoisotopic (exact) mass is 247 g/mol. The van der Waals surface area contributed by atoms with Gasteiger partial charge in [0, 0.05) is 24.4 Å². The van der Waals surface area contributed by atoms with Crippen LogP contribution >= 0.6 is 0 Å². The number of aromatic nitrogens is 1. The predicted octanol–water partition coefficient (Wildman–Crippen LogP) is 2.61. The van der Waals surface area contributed by atoms with E-state index in [-0.39, 0.29) is 22.9 Å². The maximum Gasteiger partial charge on any atom is 0.167 e. The third-order valence-corrected chi connectivity index (χ3v) is 2.12. The van der Waals surface area contributed by atoms with Crippen LogP contribution in [0, 0.1) is 23.0 Å². The summed E-state index contributed by atoms with van der Waals surface area (Å²) in [6, 6.07) is 6.22. The van der Waals surface area contributed by atoms with Crippen LogP contribution in [0.4, 0.5) is 14.5 Å². The first-order chi connectivity index (χ1) is 8.60. The van der Waals surface area contributed by atoms with Crippen molar-refractivity contribution in [1.82, 2.24) is 4.98 Å². The fraction of sp³-hybridized carbons (Fsp3) is 0. The quantitative estimate of drug-likeness (QED) is 0.828. The Hall–Kier alpha value is -2.68. The normalized spacial score (nSPS) is 9.83. The molecule has 0 spiro atoms. The van der Waals surface area contributed by atoms with Gasteiger partial charge in [-0.05, 0) is 6.07 Å². The SMILES string of the molecule is N#Cc1cc(Oc2cc(F)c(N)cc2F)ccn1. The van der Waals surface area contributed by atoms with Crippen molar-refractivity contribution in [1.29, 1.82) is 5.26 Å². The highest BCUT2D eigenvalue weighted by atomic mass is 19.1. The van der Waals surface area contributed by atoms with Crippen molar-refractivity contribution in [3.05, 3.63) is 47.8 Å². The first kappa shape index (κ1) is 11.8. The minimum Gasteiger partial charge on any atom is -0.454 e. The number of anilines is 1. The number of halogens is 2. The maximum atomic E-state index is 13.4. The lowest BCUT2D eigenvalue weighted by molar-refractivity contribution is 0.436. The zero-order chi connectivity index (χ0) is 13.1. The van der Waals surface area contributed by atoms with Crippen molar-refractivity contribution in [2.45, 2.75) is 0 Å².